The van der Waals surface area contributed by atoms with E-state index in [2.05, 4.69) is 4.72 Å². The monoisotopic (exact) mass is 333 g/mol. The highest BCUT2D eigenvalue weighted by Crippen LogP contribution is 2.25. The van der Waals surface area contributed by atoms with Gasteiger partial charge in [0, 0.05) is 6.04 Å². The summed E-state index contributed by atoms with van der Waals surface area (Å²) in [6.07, 6.45) is 0.664. The predicted octanol–water partition coefficient (Wildman–Crippen LogP) is 3.74. The number of hydrogen-bond acceptors (Lipinski definition) is 3. The van der Waals surface area contributed by atoms with E-state index in [1.165, 1.54) is 0 Å². The zero-order chi connectivity index (χ0) is 17.0. The van der Waals surface area contributed by atoms with E-state index >= 15 is 0 Å². The Morgan fingerprint density at radius 3 is 2.26 bits per heavy atom. The van der Waals surface area contributed by atoms with Crippen molar-refractivity contribution in [2.75, 3.05) is 7.11 Å². The Morgan fingerprint density at radius 1 is 1.09 bits per heavy atom. The molecule has 0 heterocycles. The van der Waals surface area contributed by atoms with Gasteiger partial charge in [-0.15, -0.1) is 0 Å². The van der Waals surface area contributed by atoms with Crippen molar-refractivity contribution >= 4 is 10.0 Å². The number of methoxy groups -OCH3 is 1. The van der Waals surface area contributed by atoms with E-state index in [1.54, 1.807) is 31.4 Å². The molecule has 124 valence electrons. The lowest BCUT2D eigenvalue weighted by atomic mass is 10.0. The minimum Gasteiger partial charge on any atom is -0.496 e. The van der Waals surface area contributed by atoms with Gasteiger partial charge in [-0.2, -0.15) is 0 Å². The van der Waals surface area contributed by atoms with Crippen LogP contribution in [0.2, 0.25) is 0 Å². The second-order valence-electron chi connectivity index (χ2n) is 5.62. The van der Waals surface area contributed by atoms with Crippen molar-refractivity contribution in [2.24, 2.45) is 0 Å². The standard InChI is InChI=1S/C18H23NO3S/c1-5-17(15-8-11-18(22-4)14(3)12-15)19-23(20,21)16-9-6-13(2)7-10-16/h6-12,17,19H,5H2,1-4H3/t17-/m1/s1. The number of benzene rings is 2. The summed E-state index contributed by atoms with van der Waals surface area (Å²) in [4.78, 5) is 0.284. The fourth-order valence-corrected chi connectivity index (χ4v) is 3.79. The molecule has 0 bridgehead atoms. The first-order valence-electron chi connectivity index (χ1n) is 7.61. The summed E-state index contributed by atoms with van der Waals surface area (Å²) in [6.45, 7) is 5.84. The van der Waals surface area contributed by atoms with Gasteiger partial charge in [0.25, 0.3) is 0 Å². The molecule has 0 spiro atoms. The van der Waals surface area contributed by atoms with Crippen molar-refractivity contribution in [3.63, 3.8) is 0 Å². The number of aryl methyl sites for hydroxylation is 2. The normalized spacial score (nSPS) is 12.9. The first-order valence-corrected chi connectivity index (χ1v) is 9.09. The molecule has 23 heavy (non-hydrogen) atoms. The van der Waals surface area contributed by atoms with E-state index in [0.29, 0.717) is 6.42 Å². The van der Waals surface area contributed by atoms with E-state index in [9.17, 15) is 8.42 Å². The molecule has 0 unspecified atom stereocenters. The van der Waals surface area contributed by atoms with Crippen molar-refractivity contribution < 1.29 is 13.2 Å². The van der Waals surface area contributed by atoms with Gasteiger partial charge in [-0.1, -0.05) is 36.8 Å². The average molecular weight is 333 g/mol. The predicted molar refractivity (Wildman–Crippen MR) is 92.3 cm³/mol. The Hall–Kier alpha value is -1.85. The number of hydrogen-bond donors (Lipinski definition) is 1. The molecule has 0 saturated carbocycles. The van der Waals surface area contributed by atoms with Gasteiger partial charge in [-0.25, -0.2) is 13.1 Å². The quantitative estimate of drug-likeness (QED) is 0.876. The smallest absolute Gasteiger partial charge is 0.241 e. The minimum absolute atomic E-state index is 0.272. The highest BCUT2D eigenvalue weighted by atomic mass is 32.2. The van der Waals surface area contributed by atoms with Gasteiger partial charge in [-0.3, -0.25) is 0 Å². The molecule has 4 nitrogen and oxygen atoms in total. The minimum atomic E-state index is -3.55. The van der Waals surface area contributed by atoms with E-state index in [-0.39, 0.29) is 10.9 Å². The fourth-order valence-electron chi connectivity index (χ4n) is 2.48. The van der Waals surface area contributed by atoms with Crippen LogP contribution in [-0.2, 0) is 10.0 Å². The van der Waals surface area contributed by atoms with Gasteiger partial charge in [-0.05, 0) is 49.6 Å². The van der Waals surface area contributed by atoms with E-state index < -0.39 is 10.0 Å². The number of sulfonamides is 1. The molecule has 0 aliphatic heterocycles. The maximum absolute atomic E-state index is 12.6. The summed E-state index contributed by atoms with van der Waals surface area (Å²) in [7, 11) is -1.92. The summed E-state index contributed by atoms with van der Waals surface area (Å²) in [5, 5.41) is 0. The van der Waals surface area contributed by atoms with Gasteiger partial charge >= 0.3 is 0 Å². The van der Waals surface area contributed by atoms with Crippen LogP contribution in [0, 0.1) is 13.8 Å². The summed E-state index contributed by atoms with van der Waals surface area (Å²) in [5.41, 5.74) is 2.95. The van der Waals surface area contributed by atoms with Gasteiger partial charge < -0.3 is 4.74 Å². The molecule has 5 heteroatoms. The lowest BCUT2D eigenvalue weighted by Gasteiger charge is -2.19. The van der Waals surface area contributed by atoms with E-state index in [1.807, 2.05) is 39.0 Å². The molecule has 0 aromatic heterocycles. The van der Waals surface area contributed by atoms with Crippen LogP contribution >= 0.6 is 0 Å². The second kappa shape index (κ2) is 7.15. The van der Waals surface area contributed by atoms with Crippen LogP contribution < -0.4 is 9.46 Å². The maximum atomic E-state index is 12.6. The van der Waals surface area contributed by atoms with Gasteiger partial charge in [0.2, 0.25) is 10.0 Å². The number of nitrogens with one attached hydrogen (secondary N) is 1. The van der Waals surface area contributed by atoms with Crippen LogP contribution in [0.1, 0.15) is 36.1 Å². The van der Waals surface area contributed by atoms with Crippen LogP contribution in [0.15, 0.2) is 47.4 Å². The Labute approximate surface area is 138 Å². The second-order valence-corrected chi connectivity index (χ2v) is 7.34. The summed E-state index contributed by atoms with van der Waals surface area (Å²) in [6, 6.07) is 12.3. The molecular formula is C18H23NO3S. The summed E-state index contributed by atoms with van der Waals surface area (Å²) >= 11 is 0. The van der Waals surface area contributed by atoms with Crippen molar-refractivity contribution in [1.82, 2.24) is 4.72 Å². The van der Waals surface area contributed by atoms with Gasteiger partial charge in [0.05, 0.1) is 12.0 Å². The largest absolute Gasteiger partial charge is 0.496 e. The van der Waals surface area contributed by atoms with Crippen molar-refractivity contribution in [1.29, 1.82) is 0 Å². The zero-order valence-corrected chi connectivity index (χ0v) is 14.8. The molecule has 2 rings (SSSR count). The Bertz CT molecular complexity index is 767. The summed E-state index contributed by atoms with van der Waals surface area (Å²) < 4.78 is 33.2. The lowest BCUT2D eigenvalue weighted by Crippen LogP contribution is -2.28. The third-order valence-electron chi connectivity index (χ3n) is 3.86. The topological polar surface area (TPSA) is 55.4 Å². The van der Waals surface area contributed by atoms with Crippen LogP contribution in [0.3, 0.4) is 0 Å². The molecule has 1 atom stereocenters. The Morgan fingerprint density at radius 2 is 1.74 bits per heavy atom. The SMILES string of the molecule is CC[C@@H](NS(=O)(=O)c1ccc(C)cc1)c1ccc(OC)c(C)c1. The van der Waals surface area contributed by atoms with Crippen molar-refractivity contribution in [2.45, 2.75) is 38.1 Å². The third kappa shape index (κ3) is 4.12. The molecule has 0 saturated heterocycles. The maximum Gasteiger partial charge on any atom is 0.241 e. The number of ether oxygens (including phenoxy) is 1. The zero-order valence-electron chi connectivity index (χ0n) is 14.0. The molecule has 2 aromatic rings. The highest BCUT2D eigenvalue weighted by Gasteiger charge is 2.20. The fraction of sp³-hybridized carbons (Fsp3) is 0.333. The molecule has 0 fully saturated rings. The van der Waals surface area contributed by atoms with Gasteiger partial charge in [0.15, 0.2) is 0 Å². The molecule has 2 aromatic carbocycles. The van der Waals surface area contributed by atoms with E-state index in [0.717, 1.165) is 22.4 Å². The van der Waals surface area contributed by atoms with E-state index in [4.69, 9.17) is 4.74 Å². The lowest BCUT2D eigenvalue weighted by molar-refractivity contribution is 0.411. The first-order chi connectivity index (χ1) is 10.9. The Balaban J connectivity index is 2.28. The molecule has 0 aliphatic carbocycles. The molecular weight excluding hydrogens is 310 g/mol. The van der Waals surface area contributed by atoms with Crippen LogP contribution in [0.4, 0.5) is 0 Å². The Kier molecular flexibility index (Phi) is 5.44. The third-order valence-corrected chi connectivity index (χ3v) is 5.35. The van der Waals surface area contributed by atoms with Crippen molar-refractivity contribution in [3.8, 4) is 5.75 Å². The van der Waals surface area contributed by atoms with Crippen LogP contribution in [-0.4, -0.2) is 15.5 Å². The van der Waals surface area contributed by atoms with Crippen LogP contribution in [0.25, 0.3) is 0 Å². The first kappa shape index (κ1) is 17.5. The average Bonchev–Trinajstić information content (AvgIpc) is 2.53. The summed E-state index contributed by atoms with van der Waals surface area (Å²) in [5.74, 6) is 0.796. The van der Waals surface area contributed by atoms with Gasteiger partial charge in [0.1, 0.15) is 5.75 Å². The van der Waals surface area contributed by atoms with Crippen LogP contribution in [0.5, 0.6) is 5.75 Å². The molecule has 0 aliphatic rings. The number of rotatable bonds is 6. The molecule has 0 radical (unpaired) electrons. The highest BCUT2D eigenvalue weighted by molar-refractivity contribution is 7.89. The molecule has 0 amide bonds. The van der Waals surface area contributed by atoms with Crippen molar-refractivity contribution in [3.05, 3.63) is 59.2 Å². The molecule has 1 N–H and O–H groups in total.